The molecule has 6 nitrogen and oxygen atoms in total. The van der Waals surface area contributed by atoms with Crippen molar-refractivity contribution in [3.8, 4) is 5.75 Å². The van der Waals surface area contributed by atoms with E-state index in [1.54, 1.807) is 0 Å². The molecule has 156 valence electrons. The van der Waals surface area contributed by atoms with Gasteiger partial charge in [0.1, 0.15) is 5.75 Å². The molecule has 1 atom stereocenters. The molecule has 28 heavy (non-hydrogen) atoms. The Bertz CT molecular complexity index is 636. The van der Waals surface area contributed by atoms with Gasteiger partial charge in [-0.1, -0.05) is 44.2 Å². The normalized spacial score (nSPS) is 15.9. The van der Waals surface area contributed by atoms with E-state index in [-0.39, 0.29) is 30.4 Å². The van der Waals surface area contributed by atoms with Crippen molar-refractivity contribution in [3.63, 3.8) is 0 Å². The van der Waals surface area contributed by atoms with Gasteiger partial charge in [-0.3, -0.25) is 9.59 Å². The number of ether oxygens (including phenoxy) is 1. The highest BCUT2D eigenvalue weighted by atomic mass is 19.3. The van der Waals surface area contributed by atoms with Crippen molar-refractivity contribution >= 4 is 11.8 Å². The average Bonchev–Trinajstić information content (AvgIpc) is 2.70. The van der Waals surface area contributed by atoms with Crippen LogP contribution in [0.15, 0.2) is 24.3 Å². The lowest BCUT2D eigenvalue weighted by Gasteiger charge is -2.25. The maximum absolute atomic E-state index is 12.4. The number of aliphatic hydroxyl groups excluding tert-OH is 1. The third-order valence-electron chi connectivity index (χ3n) is 4.99. The molecule has 1 aromatic carbocycles. The van der Waals surface area contributed by atoms with Gasteiger partial charge in [0, 0.05) is 13.2 Å². The molecule has 0 saturated heterocycles. The van der Waals surface area contributed by atoms with E-state index in [1.165, 1.54) is 56.4 Å². The standard InChI is InChI=1S/C20H28F2N2O4/c21-20(22)28-17-9-5-4-8-16(17)19(27)24-12-18(26)23-11-15(13-25)10-14-6-2-1-3-7-14/h4-5,8-9,14-15,20,25H,1-3,6-7,10-13H2,(H,23,26)(H,24,27)/t15-/m0/s1. The molecule has 0 spiro atoms. The molecule has 1 aromatic rings. The van der Waals surface area contributed by atoms with E-state index >= 15 is 0 Å². The summed E-state index contributed by atoms with van der Waals surface area (Å²) in [4.78, 5) is 24.1. The number of carbonyl (C=O) groups excluding carboxylic acids is 2. The van der Waals surface area contributed by atoms with Gasteiger partial charge >= 0.3 is 6.61 Å². The van der Waals surface area contributed by atoms with Crippen LogP contribution in [-0.4, -0.2) is 43.2 Å². The number of benzene rings is 1. The number of alkyl halides is 2. The van der Waals surface area contributed by atoms with Crippen LogP contribution in [0.4, 0.5) is 8.78 Å². The van der Waals surface area contributed by atoms with Crippen molar-refractivity contribution < 1.29 is 28.2 Å². The van der Waals surface area contributed by atoms with Crippen molar-refractivity contribution in [3.05, 3.63) is 29.8 Å². The lowest BCUT2D eigenvalue weighted by molar-refractivity contribution is -0.120. The van der Waals surface area contributed by atoms with E-state index < -0.39 is 18.4 Å². The SMILES string of the molecule is O=C(CNC(=O)c1ccccc1OC(F)F)NC[C@@H](CO)CC1CCCCC1. The first-order chi connectivity index (χ1) is 13.5. The summed E-state index contributed by atoms with van der Waals surface area (Å²) in [7, 11) is 0. The van der Waals surface area contributed by atoms with Crippen molar-refractivity contribution in [2.45, 2.75) is 45.1 Å². The second-order valence-electron chi connectivity index (χ2n) is 7.15. The highest BCUT2D eigenvalue weighted by molar-refractivity contribution is 5.98. The van der Waals surface area contributed by atoms with Gasteiger partial charge in [0.25, 0.3) is 5.91 Å². The summed E-state index contributed by atoms with van der Waals surface area (Å²) in [6.07, 6.45) is 6.92. The maximum atomic E-state index is 12.4. The second kappa shape index (κ2) is 11.6. The lowest BCUT2D eigenvalue weighted by atomic mass is 9.83. The number of rotatable bonds is 10. The third-order valence-corrected chi connectivity index (χ3v) is 4.99. The largest absolute Gasteiger partial charge is 0.434 e. The second-order valence-corrected chi connectivity index (χ2v) is 7.15. The van der Waals surface area contributed by atoms with E-state index in [2.05, 4.69) is 15.4 Å². The van der Waals surface area contributed by atoms with Crippen LogP contribution in [-0.2, 0) is 4.79 Å². The van der Waals surface area contributed by atoms with Crippen LogP contribution in [0.25, 0.3) is 0 Å². The number of hydrogen-bond acceptors (Lipinski definition) is 4. The number of carbonyl (C=O) groups is 2. The lowest BCUT2D eigenvalue weighted by Crippen LogP contribution is -2.39. The van der Waals surface area contributed by atoms with Crippen molar-refractivity contribution in [2.24, 2.45) is 11.8 Å². The summed E-state index contributed by atoms with van der Waals surface area (Å²) in [6, 6.07) is 5.60. The van der Waals surface area contributed by atoms with Gasteiger partial charge in [-0.2, -0.15) is 8.78 Å². The predicted molar refractivity (Wildman–Crippen MR) is 100 cm³/mol. The van der Waals surface area contributed by atoms with E-state index in [4.69, 9.17) is 0 Å². The Morgan fingerprint density at radius 1 is 1.14 bits per heavy atom. The molecule has 2 rings (SSSR count). The first-order valence-electron chi connectivity index (χ1n) is 9.69. The number of nitrogens with one attached hydrogen (secondary N) is 2. The van der Waals surface area contributed by atoms with Gasteiger partial charge in [0.15, 0.2) is 0 Å². The average molecular weight is 398 g/mol. The molecule has 2 amide bonds. The highest BCUT2D eigenvalue weighted by Crippen LogP contribution is 2.28. The Morgan fingerprint density at radius 3 is 2.54 bits per heavy atom. The first-order valence-corrected chi connectivity index (χ1v) is 9.69. The molecule has 0 aromatic heterocycles. The van der Waals surface area contributed by atoms with Crippen molar-refractivity contribution in [1.82, 2.24) is 10.6 Å². The molecule has 0 heterocycles. The Morgan fingerprint density at radius 2 is 1.86 bits per heavy atom. The summed E-state index contributed by atoms with van der Waals surface area (Å²) in [5, 5.41) is 14.7. The minimum atomic E-state index is -3.04. The Balaban J connectivity index is 1.76. The van der Waals surface area contributed by atoms with Crippen LogP contribution < -0.4 is 15.4 Å². The molecule has 1 saturated carbocycles. The number of aliphatic hydroxyl groups is 1. The zero-order chi connectivity index (χ0) is 20.4. The minimum absolute atomic E-state index is 0.00147. The quantitative estimate of drug-likeness (QED) is 0.566. The Kier molecular flexibility index (Phi) is 9.13. The van der Waals surface area contributed by atoms with Crippen molar-refractivity contribution in [1.29, 1.82) is 0 Å². The van der Waals surface area contributed by atoms with Crippen LogP contribution >= 0.6 is 0 Å². The van der Waals surface area contributed by atoms with E-state index in [0.717, 1.165) is 6.42 Å². The van der Waals surface area contributed by atoms with Gasteiger partial charge < -0.3 is 20.5 Å². The predicted octanol–water partition coefficient (Wildman–Crippen LogP) is 2.71. The van der Waals surface area contributed by atoms with E-state index in [9.17, 15) is 23.5 Å². The molecule has 1 aliphatic carbocycles. The molecule has 0 radical (unpaired) electrons. The maximum Gasteiger partial charge on any atom is 0.387 e. The van der Waals surface area contributed by atoms with Crippen LogP contribution in [0.1, 0.15) is 48.9 Å². The first kappa shape index (κ1) is 22.1. The summed E-state index contributed by atoms with van der Waals surface area (Å²) >= 11 is 0. The molecular formula is C20H28F2N2O4. The molecule has 0 bridgehead atoms. The Labute approximate surface area is 163 Å². The molecule has 0 aliphatic heterocycles. The fourth-order valence-electron chi connectivity index (χ4n) is 3.55. The summed E-state index contributed by atoms with van der Waals surface area (Å²) < 4.78 is 29.2. The smallest absolute Gasteiger partial charge is 0.387 e. The summed E-state index contributed by atoms with van der Waals surface area (Å²) in [5.41, 5.74) is -0.0684. The van der Waals surface area contributed by atoms with Gasteiger partial charge in [-0.05, 0) is 30.4 Å². The van der Waals surface area contributed by atoms with Gasteiger partial charge in [0.05, 0.1) is 12.1 Å². The number of amides is 2. The van der Waals surface area contributed by atoms with Gasteiger partial charge in [-0.15, -0.1) is 0 Å². The van der Waals surface area contributed by atoms with Crippen LogP contribution in [0.3, 0.4) is 0 Å². The molecule has 8 heteroatoms. The molecule has 0 unspecified atom stereocenters. The molecule has 3 N–H and O–H groups in total. The monoisotopic (exact) mass is 398 g/mol. The Hall–Kier alpha value is -2.22. The van der Waals surface area contributed by atoms with Crippen molar-refractivity contribution in [2.75, 3.05) is 19.7 Å². The van der Waals surface area contributed by atoms with Crippen LogP contribution in [0, 0.1) is 11.8 Å². The zero-order valence-electron chi connectivity index (χ0n) is 15.8. The third kappa shape index (κ3) is 7.42. The minimum Gasteiger partial charge on any atom is -0.434 e. The van der Waals surface area contributed by atoms with Crippen LogP contribution in [0.2, 0.25) is 0 Å². The molecular weight excluding hydrogens is 370 g/mol. The number of halogens is 2. The van der Waals surface area contributed by atoms with E-state index in [1.807, 2.05) is 0 Å². The van der Waals surface area contributed by atoms with Gasteiger partial charge in [0.2, 0.25) is 5.91 Å². The fourth-order valence-corrected chi connectivity index (χ4v) is 3.55. The van der Waals surface area contributed by atoms with Gasteiger partial charge in [-0.25, -0.2) is 0 Å². The fraction of sp³-hybridized carbons (Fsp3) is 0.600. The summed E-state index contributed by atoms with van der Waals surface area (Å²) in [5.74, 6) is -0.741. The zero-order valence-corrected chi connectivity index (χ0v) is 15.8. The van der Waals surface area contributed by atoms with Crippen LogP contribution in [0.5, 0.6) is 5.75 Å². The number of hydrogen-bond donors (Lipinski definition) is 3. The summed E-state index contributed by atoms with van der Waals surface area (Å²) in [6.45, 7) is -2.99. The highest BCUT2D eigenvalue weighted by Gasteiger charge is 2.20. The molecule has 1 aliphatic rings. The molecule has 1 fully saturated rings. The van der Waals surface area contributed by atoms with E-state index in [0.29, 0.717) is 12.5 Å². The number of para-hydroxylation sites is 1. The topological polar surface area (TPSA) is 87.7 Å².